The van der Waals surface area contributed by atoms with E-state index < -0.39 is 17.6 Å². The first-order chi connectivity index (χ1) is 6.10. The minimum absolute atomic E-state index is 0.544. The summed E-state index contributed by atoms with van der Waals surface area (Å²) in [5, 5.41) is 2.51. The minimum atomic E-state index is -1.00. The van der Waals surface area contributed by atoms with Crippen molar-refractivity contribution in [1.82, 2.24) is 5.32 Å². The number of ether oxygens (including phenoxy) is 1. The smallest absolute Gasteiger partial charge is 0.408 e. The van der Waals surface area contributed by atoms with Crippen molar-refractivity contribution >= 4 is 12.0 Å². The van der Waals surface area contributed by atoms with Crippen molar-refractivity contribution in [2.45, 2.75) is 31.8 Å². The van der Waals surface area contributed by atoms with Gasteiger partial charge in [0.25, 0.3) is 5.91 Å². The maximum atomic E-state index is 11.0. The average molecular weight is 186 g/mol. The van der Waals surface area contributed by atoms with Crippen LogP contribution in [-0.4, -0.2) is 24.1 Å². The van der Waals surface area contributed by atoms with Crippen LogP contribution in [0.3, 0.4) is 0 Å². The van der Waals surface area contributed by atoms with Gasteiger partial charge in [-0.2, -0.15) is 0 Å². The summed E-state index contributed by atoms with van der Waals surface area (Å²) in [4.78, 5) is 21.8. The average Bonchev–Trinajstić information content (AvgIpc) is 2.82. The van der Waals surface area contributed by atoms with Crippen molar-refractivity contribution < 1.29 is 14.3 Å². The van der Waals surface area contributed by atoms with Crippen molar-refractivity contribution in [3.63, 3.8) is 0 Å². The van der Waals surface area contributed by atoms with Gasteiger partial charge < -0.3 is 15.8 Å². The quantitative estimate of drug-likeness (QED) is 0.655. The Morgan fingerprint density at radius 2 is 2.15 bits per heavy atom. The van der Waals surface area contributed by atoms with E-state index in [1.54, 1.807) is 0 Å². The second kappa shape index (κ2) is 3.64. The molecule has 0 aliphatic heterocycles. The maximum Gasteiger partial charge on any atom is 0.408 e. The van der Waals surface area contributed by atoms with E-state index >= 15 is 0 Å². The molecule has 0 spiro atoms. The van der Waals surface area contributed by atoms with Crippen LogP contribution in [-0.2, 0) is 9.53 Å². The summed E-state index contributed by atoms with van der Waals surface area (Å²) in [5.41, 5.74) is 4.06. The normalized spacial score (nSPS) is 17.6. The Bertz CT molecular complexity index is 223. The third-order valence-corrected chi connectivity index (χ3v) is 1.96. The molecule has 0 unspecified atom stereocenters. The zero-order valence-electron chi connectivity index (χ0n) is 7.63. The molecule has 13 heavy (non-hydrogen) atoms. The van der Waals surface area contributed by atoms with Gasteiger partial charge in [0.1, 0.15) is 0 Å². The fourth-order valence-electron chi connectivity index (χ4n) is 0.953. The van der Waals surface area contributed by atoms with Gasteiger partial charge in [0.05, 0.1) is 0 Å². The van der Waals surface area contributed by atoms with Crippen LogP contribution in [0.4, 0.5) is 4.79 Å². The molecule has 5 nitrogen and oxygen atoms in total. The number of nitrogens with two attached hydrogens (primary N) is 1. The second-order valence-corrected chi connectivity index (χ2v) is 3.17. The summed E-state index contributed by atoms with van der Waals surface area (Å²) in [6.45, 7) is 2.48. The fourth-order valence-corrected chi connectivity index (χ4v) is 0.953. The Hall–Kier alpha value is -1.26. The summed E-state index contributed by atoms with van der Waals surface area (Å²) in [6.07, 6.45) is 1.36. The van der Waals surface area contributed by atoms with Gasteiger partial charge in [0.15, 0.2) is 5.60 Å². The van der Waals surface area contributed by atoms with Gasteiger partial charge in [-0.1, -0.05) is 6.92 Å². The third kappa shape index (κ3) is 2.34. The van der Waals surface area contributed by atoms with Crippen LogP contribution < -0.4 is 11.1 Å². The molecule has 1 aliphatic rings. The van der Waals surface area contributed by atoms with E-state index in [0.717, 1.165) is 6.42 Å². The number of hydrogen-bond donors (Lipinski definition) is 2. The number of hydrogen-bond acceptors (Lipinski definition) is 3. The zero-order chi connectivity index (χ0) is 9.90. The molecular formula is C8H14N2O3. The van der Waals surface area contributed by atoms with Gasteiger partial charge >= 0.3 is 6.09 Å². The van der Waals surface area contributed by atoms with Gasteiger partial charge in [0, 0.05) is 19.4 Å². The summed E-state index contributed by atoms with van der Waals surface area (Å²) in [7, 11) is 0. The fraction of sp³-hybridized carbons (Fsp3) is 0.750. The molecule has 0 bridgehead atoms. The van der Waals surface area contributed by atoms with Crippen molar-refractivity contribution in [2.24, 2.45) is 5.73 Å². The number of alkyl carbamates (subject to hydrolysis) is 1. The van der Waals surface area contributed by atoms with E-state index in [2.05, 4.69) is 5.32 Å². The second-order valence-electron chi connectivity index (χ2n) is 3.17. The highest BCUT2D eigenvalue weighted by molar-refractivity contribution is 5.89. The molecule has 1 aliphatic carbocycles. The summed E-state index contributed by atoms with van der Waals surface area (Å²) >= 11 is 0. The monoisotopic (exact) mass is 186 g/mol. The van der Waals surface area contributed by atoms with Crippen molar-refractivity contribution in [3.05, 3.63) is 0 Å². The molecule has 5 heteroatoms. The SMILES string of the molecule is CCCNC(=O)OC1(C(N)=O)CC1. The molecular weight excluding hydrogens is 172 g/mol. The first-order valence-electron chi connectivity index (χ1n) is 4.37. The Morgan fingerprint density at radius 3 is 2.54 bits per heavy atom. The largest absolute Gasteiger partial charge is 0.433 e. The molecule has 0 aromatic carbocycles. The lowest BCUT2D eigenvalue weighted by molar-refractivity contribution is -0.128. The number of rotatable bonds is 4. The summed E-state index contributed by atoms with van der Waals surface area (Å²) in [6, 6.07) is 0. The molecule has 1 saturated carbocycles. The van der Waals surface area contributed by atoms with E-state index in [0.29, 0.717) is 19.4 Å². The minimum Gasteiger partial charge on any atom is -0.433 e. The standard InChI is InChI=1S/C8H14N2O3/c1-2-5-10-7(12)13-8(3-4-8)6(9)11/h2-5H2,1H3,(H2,9,11)(H,10,12). The third-order valence-electron chi connectivity index (χ3n) is 1.96. The zero-order valence-corrected chi connectivity index (χ0v) is 7.63. The Balaban J connectivity index is 2.32. The molecule has 2 amide bonds. The molecule has 0 aromatic heterocycles. The highest BCUT2D eigenvalue weighted by atomic mass is 16.6. The predicted octanol–water partition coefficient (Wildman–Crippen LogP) is 0.140. The number of carbonyl (C=O) groups is 2. The molecule has 0 heterocycles. The van der Waals surface area contributed by atoms with Crippen LogP contribution in [0.25, 0.3) is 0 Å². The van der Waals surface area contributed by atoms with Gasteiger partial charge in [-0.15, -0.1) is 0 Å². The van der Waals surface area contributed by atoms with E-state index in [1.807, 2.05) is 6.92 Å². The van der Waals surface area contributed by atoms with E-state index in [4.69, 9.17) is 10.5 Å². The van der Waals surface area contributed by atoms with Gasteiger partial charge in [-0.25, -0.2) is 4.79 Å². The van der Waals surface area contributed by atoms with Gasteiger partial charge in [-0.05, 0) is 6.42 Å². The highest BCUT2D eigenvalue weighted by Crippen LogP contribution is 2.39. The first kappa shape index (κ1) is 9.83. The molecule has 74 valence electrons. The molecule has 0 aromatic rings. The van der Waals surface area contributed by atoms with Gasteiger partial charge in [-0.3, -0.25) is 4.79 Å². The van der Waals surface area contributed by atoms with Gasteiger partial charge in [0.2, 0.25) is 0 Å². The lowest BCUT2D eigenvalue weighted by atomic mass is 10.3. The Labute approximate surface area is 76.6 Å². The van der Waals surface area contributed by atoms with Crippen molar-refractivity contribution in [3.8, 4) is 0 Å². The van der Waals surface area contributed by atoms with E-state index in [1.165, 1.54) is 0 Å². The number of nitrogens with one attached hydrogen (secondary N) is 1. The van der Waals surface area contributed by atoms with Crippen molar-refractivity contribution in [2.75, 3.05) is 6.54 Å². The predicted molar refractivity (Wildman–Crippen MR) is 45.9 cm³/mol. The molecule has 1 rings (SSSR count). The topological polar surface area (TPSA) is 81.4 Å². The number of carbonyl (C=O) groups excluding carboxylic acids is 2. The first-order valence-corrected chi connectivity index (χ1v) is 4.37. The van der Waals surface area contributed by atoms with Crippen LogP contribution in [0.2, 0.25) is 0 Å². The lowest BCUT2D eigenvalue weighted by Crippen LogP contribution is -2.39. The molecule has 1 fully saturated rings. The number of amides is 2. The molecule has 0 atom stereocenters. The summed E-state index contributed by atoms with van der Waals surface area (Å²) in [5.74, 6) is -0.556. The number of primary amides is 1. The van der Waals surface area contributed by atoms with Crippen molar-refractivity contribution in [1.29, 1.82) is 0 Å². The maximum absolute atomic E-state index is 11.0. The molecule has 0 saturated heterocycles. The Kier molecular flexibility index (Phi) is 2.75. The van der Waals surface area contributed by atoms with Crippen LogP contribution in [0.1, 0.15) is 26.2 Å². The Morgan fingerprint density at radius 1 is 1.54 bits per heavy atom. The lowest BCUT2D eigenvalue weighted by Gasteiger charge is -2.12. The molecule has 0 radical (unpaired) electrons. The highest BCUT2D eigenvalue weighted by Gasteiger charge is 2.52. The summed E-state index contributed by atoms with van der Waals surface area (Å²) < 4.78 is 4.89. The van der Waals surface area contributed by atoms with Crippen LogP contribution in [0.5, 0.6) is 0 Å². The van der Waals surface area contributed by atoms with Crippen LogP contribution in [0.15, 0.2) is 0 Å². The van der Waals surface area contributed by atoms with Crippen LogP contribution in [0, 0.1) is 0 Å². The van der Waals surface area contributed by atoms with E-state index in [-0.39, 0.29) is 0 Å². The molecule has 3 N–H and O–H groups in total. The van der Waals surface area contributed by atoms with Crippen LogP contribution >= 0.6 is 0 Å². The van der Waals surface area contributed by atoms with E-state index in [9.17, 15) is 9.59 Å².